The lowest BCUT2D eigenvalue weighted by atomic mass is 10.1. The molecule has 1 aliphatic rings. The number of benzene rings is 3. The van der Waals surface area contributed by atoms with Crippen molar-refractivity contribution in [1.29, 1.82) is 0 Å². The summed E-state index contributed by atoms with van der Waals surface area (Å²) in [7, 11) is 0. The molecule has 4 rings (SSSR count). The van der Waals surface area contributed by atoms with Gasteiger partial charge >= 0.3 is 0 Å². The van der Waals surface area contributed by atoms with E-state index >= 15 is 0 Å². The molecule has 1 aliphatic heterocycles. The van der Waals surface area contributed by atoms with Crippen molar-refractivity contribution in [2.75, 3.05) is 10.7 Å². The molecule has 4 nitrogen and oxygen atoms in total. The lowest BCUT2D eigenvalue weighted by molar-refractivity contribution is -0.116. The molecule has 1 unspecified atom stereocenters. The second-order valence-electron chi connectivity index (χ2n) is 7.98. The predicted molar refractivity (Wildman–Crippen MR) is 131 cm³/mol. The molecule has 1 atom stereocenters. The van der Waals surface area contributed by atoms with Gasteiger partial charge in [-0.25, -0.2) is 0 Å². The zero-order valence-electron chi connectivity index (χ0n) is 17.9. The van der Waals surface area contributed by atoms with Gasteiger partial charge in [-0.2, -0.15) is 0 Å². The van der Waals surface area contributed by atoms with Crippen molar-refractivity contribution in [3.63, 3.8) is 0 Å². The van der Waals surface area contributed by atoms with Crippen molar-refractivity contribution in [2.45, 2.75) is 37.2 Å². The van der Waals surface area contributed by atoms with Crippen LogP contribution in [0.25, 0.3) is 0 Å². The van der Waals surface area contributed by atoms with E-state index < -0.39 is 0 Å². The number of carbonyl (C=O) groups is 2. The van der Waals surface area contributed by atoms with Gasteiger partial charge in [0.25, 0.3) is 5.91 Å². The molecule has 6 heteroatoms. The molecule has 32 heavy (non-hydrogen) atoms. The Morgan fingerprint density at radius 2 is 1.81 bits per heavy atom. The maximum Gasteiger partial charge on any atom is 0.251 e. The Morgan fingerprint density at radius 1 is 1.06 bits per heavy atom. The monoisotopic (exact) mass is 464 g/mol. The third-order valence-electron chi connectivity index (χ3n) is 5.50. The van der Waals surface area contributed by atoms with Crippen molar-refractivity contribution in [3.05, 3.63) is 94.5 Å². The van der Waals surface area contributed by atoms with Crippen LogP contribution < -0.4 is 10.2 Å². The van der Waals surface area contributed by atoms with E-state index in [0.29, 0.717) is 22.9 Å². The first-order valence-electron chi connectivity index (χ1n) is 10.7. The fourth-order valence-corrected chi connectivity index (χ4v) is 4.74. The van der Waals surface area contributed by atoms with Gasteiger partial charge in [0.05, 0.1) is 18.0 Å². The van der Waals surface area contributed by atoms with E-state index in [1.54, 1.807) is 4.90 Å². The number of fused-ring (bicyclic) bond motifs is 1. The van der Waals surface area contributed by atoms with Gasteiger partial charge in [0, 0.05) is 21.5 Å². The van der Waals surface area contributed by atoms with Crippen LogP contribution in [0.4, 0.5) is 5.69 Å². The number of carbonyl (C=O) groups excluding carboxylic acids is 2. The second-order valence-corrected chi connectivity index (χ2v) is 9.43. The van der Waals surface area contributed by atoms with Crippen LogP contribution in [-0.2, 0) is 17.8 Å². The number of anilines is 1. The summed E-state index contributed by atoms with van der Waals surface area (Å²) in [6, 6.07) is 23.4. The number of halogens is 1. The number of hydrogen-bond donors (Lipinski definition) is 1. The van der Waals surface area contributed by atoms with Gasteiger partial charge in [-0.05, 0) is 61.2 Å². The van der Waals surface area contributed by atoms with Crippen molar-refractivity contribution in [2.24, 2.45) is 0 Å². The van der Waals surface area contributed by atoms with E-state index in [1.807, 2.05) is 67.6 Å². The van der Waals surface area contributed by atoms with Gasteiger partial charge in [0.15, 0.2) is 0 Å². The second kappa shape index (κ2) is 10.2. The molecule has 3 aromatic carbocycles. The number of nitrogens with one attached hydrogen (secondary N) is 1. The molecule has 1 N–H and O–H groups in total. The Kier molecular flexibility index (Phi) is 7.18. The number of hydrogen-bond acceptors (Lipinski definition) is 3. The Hall–Kier alpha value is -2.76. The lowest BCUT2D eigenvalue weighted by Gasteiger charge is -2.29. The van der Waals surface area contributed by atoms with Gasteiger partial charge in [0.2, 0.25) is 5.91 Å². The van der Waals surface area contributed by atoms with Gasteiger partial charge in [-0.15, -0.1) is 11.8 Å². The van der Waals surface area contributed by atoms with Crippen LogP contribution in [0.3, 0.4) is 0 Å². The highest BCUT2D eigenvalue weighted by Crippen LogP contribution is 2.37. The topological polar surface area (TPSA) is 49.4 Å². The summed E-state index contributed by atoms with van der Waals surface area (Å²) in [5.41, 5.74) is 3.60. The average Bonchev–Trinajstić information content (AvgIpc) is 2.81. The highest BCUT2D eigenvalue weighted by atomic mass is 35.5. The first-order chi connectivity index (χ1) is 15.5. The molecule has 0 radical (unpaired) electrons. The Balaban J connectivity index is 1.46. The van der Waals surface area contributed by atoms with Crippen LogP contribution in [0.5, 0.6) is 0 Å². The molecule has 1 heterocycles. The highest BCUT2D eigenvalue weighted by molar-refractivity contribution is 8.00. The summed E-state index contributed by atoms with van der Waals surface area (Å²) in [5, 5.41) is 3.75. The standard InChI is InChI=1S/C26H25ClN2O2S/c1-18(7-8-19-5-3-2-4-6-19)28-26(31)21-11-14-24-23(15-21)29(25(30)17-32-24)16-20-9-12-22(27)13-10-20/h2-6,9-15,18H,7-8,16-17H2,1H3,(H,28,31). The van der Waals surface area contributed by atoms with Crippen molar-refractivity contribution in [3.8, 4) is 0 Å². The van der Waals surface area contributed by atoms with E-state index in [-0.39, 0.29) is 17.9 Å². The van der Waals surface area contributed by atoms with Gasteiger partial charge in [0.1, 0.15) is 0 Å². The normalized spacial score (nSPS) is 14.1. The van der Waals surface area contributed by atoms with Crippen LogP contribution in [0.2, 0.25) is 5.02 Å². The minimum absolute atomic E-state index is 0.0336. The molecule has 0 saturated heterocycles. The average molecular weight is 465 g/mol. The summed E-state index contributed by atoms with van der Waals surface area (Å²) in [4.78, 5) is 28.3. The minimum atomic E-state index is -0.122. The molecule has 0 bridgehead atoms. The van der Waals surface area contributed by atoms with Gasteiger partial charge < -0.3 is 10.2 Å². The van der Waals surface area contributed by atoms with Crippen LogP contribution in [0, 0.1) is 0 Å². The number of aryl methyl sites for hydroxylation is 1. The summed E-state index contributed by atoms with van der Waals surface area (Å²) in [5.74, 6) is 0.303. The molecule has 3 aromatic rings. The Morgan fingerprint density at radius 3 is 2.56 bits per heavy atom. The molecule has 0 aromatic heterocycles. The summed E-state index contributed by atoms with van der Waals surface area (Å²) in [6.07, 6.45) is 1.77. The number of nitrogens with zero attached hydrogens (tertiary/aromatic N) is 1. The van der Waals surface area contributed by atoms with Crippen LogP contribution in [0.15, 0.2) is 77.7 Å². The maximum atomic E-state index is 12.9. The molecule has 0 saturated carbocycles. The predicted octanol–water partition coefficient (Wildman–Crippen LogP) is 5.73. The lowest BCUT2D eigenvalue weighted by Crippen LogP contribution is -2.36. The van der Waals surface area contributed by atoms with Crippen LogP contribution >= 0.6 is 23.4 Å². The van der Waals surface area contributed by atoms with E-state index in [4.69, 9.17) is 11.6 Å². The molecular weight excluding hydrogens is 440 g/mol. The van der Waals surface area contributed by atoms with E-state index in [0.717, 1.165) is 29.0 Å². The quantitative estimate of drug-likeness (QED) is 0.485. The Labute approximate surface area is 198 Å². The van der Waals surface area contributed by atoms with Crippen molar-refractivity contribution < 1.29 is 9.59 Å². The largest absolute Gasteiger partial charge is 0.350 e. The number of amides is 2. The molecule has 0 fully saturated rings. The summed E-state index contributed by atoms with van der Waals surface area (Å²) in [6.45, 7) is 2.47. The fourth-order valence-electron chi connectivity index (χ4n) is 3.70. The summed E-state index contributed by atoms with van der Waals surface area (Å²) < 4.78 is 0. The third kappa shape index (κ3) is 5.53. The molecule has 0 spiro atoms. The van der Waals surface area contributed by atoms with Crippen molar-refractivity contribution in [1.82, 2.24) is 5.32 Å². The van der Waals surface area contributed by atoms with E-state index in [1.165, 1.54) is 17.3 Å². The SMILES string of the molecule is CC(CCc1ccccc1)NC(=O)c1ccc2c(c1)N(Cc1ccc(Cl)cc1)C(=O)CS2. The molecule has 2 amide bonds. The first-order valence-corrected chi connectivity index (χ1v) is 12.0. The van der Waals surface area contributed by atoms with Gasteiger partial charge in [-0.3, -0.25) is 9.59 Å². The highest BCUT2D eigenvalue weighted by Gasteiger charge is 2.26. The number of rotatable bonds is 7. The van der Waals surface area contributed by atoms with Crippen molar-refractivity contribution >= 4 is 40.9 Å². The van der Waals surface area contributed by atoms with E-state index in [9.17, 15) is 9.59 Å². The maximum absolute atomic E-state index is 12.9. The molecule has 0 aliphatic carbocycles. The first kappa shape index (κ1) is 22.4. The number of thioether (sulfide) groups is 1. The van der Waals surface area contributed by atoms with Crippen LogP contribution in [-0.4, -0.2) is 23.6 Å². The summed E-state index contributed by atoms with van der Waals surface area (Å²) >= 11 is 7.50. The fraction of sp³-hybridized carbons (Fsp3) is 0.231. The molecular formula is C26H25ClN2O2S. The minimum Gasteiger partial charge on any atom is -0.350 e. The molecule has 164 valence electrons. The zero-order chi connectivity index (χ0) is 22.5. The zero-order valence-corrected chi connectivity index (χ0v) is 19.5. The third-order valence-corrected chi connectivity index (χ3v) is 6.80. The smallest absolute Gasteiger partial charge is 0.251 e. The Bertz CT molecular complexity index is 1100. The van der Waals surface area contributed by atoms with E-state index in [2.05, 4.69) is 17.4 Å². The van der Waals surface area contributed by atoms with Gasteiger partial charge in [-0.1, -0.05) is 54.1 Å². The van der Waals surface area contributed by atoms with Crippen LogP contribution in [0.1, 0.15) is 34.8 Å².